The Balaban J connectivity index is 0.000000276. The monoisotopic (exact) mass is 287 g/mol. The lowest BCUT2D eigenvalue weighted by Crippen LogP contribution is -2.18. The number of aryl methyl sites for hydroxylation is 1. The largest absolute Gasteiger partial charge is 0.573 e. The Labute approximate surface area is 112 Å². The maximum atomic E-state index is 11.7. The molecule has 20 heavy (non-hydrogen) atoms. The van der Waals surface area contributed by atoms with Crippen molar-refractivity contribution in [3.8, 4) is 5.75 Å². The van der Waals surface area contributed by atoms with E-state index in [4.69, 9.17) is 5.73 Å². The molecular formula is C12H12F3N3O2. The van der Waals surface area contributed by atoms with Gasteiger partial charge in [-0.15, -0.1) is 13.2 Å². The van der Waals surface area contributed by atoms with Crippen LogP contribution in [0.15, 0.2) is 36.7 Å². The molecule has 0 fully saturated rings. The standard InChI is InChI=1S/C8H6F3NO2.C4H6N2/c9-8(10,11)14-6-3-1-2-5(4-6)7(12)13;1-4-2-5-6-3-4/h1-4H,(H2,12,13);2-3H,1H3,(H,5,6). The number of carbonyl (C=O) groups excluding carboxylic acids is 1. The van der Waals surface area contributed by atoms with Crippen LogP contribution < -0.4 is 10.5 Å². The highest BCUT2D eigenvalue weighted by atomic mass is 19.4. The number of carbonyl (C=O) groups is 1. The fourth-order valence-electron chi connectivity index (χ4n) is 1.16. The predicted molar refractivity (Wildman–Crippen MR) is 65.0 cm³/mol. The van der Waals surface area contributed by atoms with Crippen LogP contribution in [0.2, 0.25) is 0 Å². The van der Waals surface area contributed by atoms with Crippen molar-refractivity contribution in [2.75, 3.05) is 0 Å². The first-order valence-electron chi connectivity index (χ1n) is 5.39. The van der Waals surface area contributed by atoms with Crippen molar-refractivity contribution in [2.45, 2.75) is 13.3 Å². The van der Waals surface area contributed by atoms with E-state index in [9.17, 15) is 18.0 Å². The Kier molecular flexibility index (Phi) is 5.13. The molecule has 2 aromatic rings. The summed E-state index contributed by atoms with van der Waals surface area (Å²) in [5.41, 5.74) is 6.01. The molecule has 0 atom stereocenters. The van der Waals surface area contributed by atoms with Gasteiger partial charge >= 0.3 is 6.36 Å². The molecule has 0 spiro atoms. The lowest BCUT2D eigenvalue weighted by Gasteiger charge is -2.08. The topological polar surface area (TPSA) is 81.0 Å². The number of H-pyrrole nitrogens is 1. The highest BCUT2D eigenvalue weighted by Crippen LogP contribution is 2.22. The van der Waals surface area contributed by atoms with Gasteiger partial charge in [0.1, 0.15) is 5.75 Å². The van der Waals surface area contributed by atoms with Crippen LogP contribution in [-0.2, 0) is 0 Å². The molecule has 2 rings (SSSR count). The maximum absolute atomic E-state index is 11.7. The number of nitrogens with one attached hydrogen (secondary N) is 1. The average molecular weight is 287 g/mol. The van der Waals surface area contributed by atoms with E-state index >= 15 is 0 Å². The molecule has 0 unspecified atom stereocenters. The van der Waals surface area contributed by atoms with Gasteiger partial charge in [-0.2, -0.15) is 5.10 Å². The molecule has 1 amide bonds. The minimum absolute atomic E-state index is 0.0354. The molecule has 1 aromatic heterocycles. The number of hydrogen-bond donors (Lipinski definition) is 2. The van der Waals surface area contributed by atoms with E-state index in [1.807, 2.05) is 13.1 Å². The van der Waals surface area contributed by atoms with Crippen LogP contribution in [0.4, 0.5) is 13.2 Å². The van der Waals surface area contributed by atoms with Gasteiger partial charge in [0.15, 0.2) is 0 Å². The molecular weight excluding hydrogens is 275 g/mol. The second-order valence-corrected chi connectivity index (χ2v) is 3.72. The van der Waals surface area contributed by atoms with Gasteiger partial charge in [0.2, 0.25) is 5.91 Å². The third-order valence-corrected chi connectivity index (χ3v) is 1.99. The third kappa shape index (κ3) is 5.89. The maximum Gasteiger partial charge on any atom is 0.573 e. The van der Waals surface area contributed by atoms with Gasteiger partial charge in [0, 0.05) is 11.8 Å². The number of primary amides is 1. The summed E-state index contributed by atoms with van der Waals surface area (Å²) in [7, 11) is 0. The Bertz CT molecular complexity index is 553. The molecule has 8 heteroatoms. The molecule has 0 saturated heterocycles. The molecule has 3 N–H and O–H groups in total. The van der Waals surface area contributed by atoms with E-state index in [2.05, 4.69) is 14.9 Å². The lowest BCUT2D eigenvalue weighted by atomic mass is 10.2. The summed E-state index contributed by atoms with van der Waals surface area (Å²) in [6.07, 6.45) is -1.14. The van der Waals surface area contributed by atoms with Gasteiger partial charge in [-0.25, -0.2) is 0 Å². The molecule has 1 heterocycles. The molecule has 1 aromatic carbocycles. The van der Waals surface area contributed by atoms with Crippen LogP contribution >= 0.6 is 0 Å². The Hall–Kier alpha value is -2.51. The van der Waals surface area contributed by atoms with Crippen LogP contribution in [0, 0.1) is 6.92 Å². The molecule has 5 nitrogen and oxygen atoms in total. The van der Waals surface area contributed by atoms with E-state index in [0.29, 0.717) is 0 Å². The Morgan fingerprint density at radius 3 is 2.50 bits per heavy atom. The fourth-order valence-corrected chi connectivity index (χ4v) is 1.16. The molecule has 0 aliphatic carbocycles. The molecule has 0 aliphatic heterocycles. The highest BCUT2D eigenvalue weighted by Gasteiger charge is 2.31. The molecule has 0 radical (unpaired) electrons. The van der Waals surface area contributed by atoms with Crippen molar-refractivity contribution in [1.82, 2.24) is 10.2 Å². The number of nitrogens with zero attached hydrogens (tertiary/aromatic N) is 1. The first-order chi connectivity index (χ1) is 9.28. The molecule has 0 saturated carbocycles. The van der Waals surface area contributed by atoms with Crippen LogP contribution in [0.1, 0.15) is 15.9 Å². The molecule has 0 aliphatic rings. The van der Waals surface area contributed by atoms with Crippen LogP contribution in [0.25, 0.3) is 0 Å². The first kappa shape index (κ1) is 15.5. The van der Waals surface area contributed by atoms with Crippen molar-refractivity contribution in [1.29, 1.82) is 0 Å². The number of aromatic amines is 1. The summed E-state index contributed by atoms with van der Waals surface area (Å²) in [5.74, 6) is -1.27. The number of nitrogens with two attached hydrogens (primary N) is 1. The number of ether oxygens (including phenoxy) is 1. The van der Waals surface area contributed by atoms with Gasteiger partial charge in [-0.1, -0.05) is 6.07 Å². The third-order valence-electron chi connectivity index (χ3n) is 1.99. The normalized spacial score (nSPS) is 10.4. The fraction of sp³-hybridized carbons (Fsp3) is 0.167. The van der Waals surface area contributed by atoms with E-state index in [0.717, 1.165) is 12.1 Å². The van der Waals surface area contributed by atoms with Crippen molar-refractivity contribution < 1.29 is 22.7 Å². The van der Waals surface area contributed by atoms with E-state index < -0.39 is 18.0 Å². The lowest BCUT2D eigenvalue weighted by molar-refractivity contribution is -0.274. The van der Waals surface area contributed by atoms with Gasteiger partial charge in [-0.3, -0.25) is 9.89 Å². The molecule has 108 valence electrons. The van der Waals surface area contributed by atoms with Crippen molar-refractivity contribution >= 4 is 5.91 Å². The smallest absolute Gasteiger partial charge is 0.406 e. The number of halogens is 3. The van der Waals surface area contributed by atoms with E-state index in [-0.39, 0.29) is 5.56 Å². The van der Waals surface area contributed by atoms with Gasteiger partial charge in [-0.05, 0) is 30.7 Å². The molecule has 0 bridgehead atoms. The number of amides is 1. The quantitative estimate of drug-likeness (QED) is 0.890. The van der Waals surface area contributed by atoms with E-state index in [1.54, 1.807) is 6.20 Å². The van der Waals surface area contributed by atoms with Gasteiger partial charge in [0.25, 0.3) is 0 Å². The summed E-state index contributed by atoms with van der Waals surface area (Å²) in [6.45, 7) is 1.99. The second-order valence-electron chi connectivity index (χ2n) is 3.72. The summed E-state index contributed by atoms with van der Waals surface area (Å²) in [5, 5.41) is 6.38. The average Bonchev–Trinajstić information content (AvgIpc) is 2.79. The summed E-state index contributed by atoms with van der Waals surface area (Å²) in [4.78, 5) is 10.6. The SMILES string of the molecule is Cc1cn[nH]c1.NC(=O)c1cccc(OC(F)(F)F)c1. The van der Waals surface area contributed by atoms with Crippen LogP contribution in [0.3, 0.4) is 0 Å². The summed E-state index contributed by atoms with van der Waals surface area (Å²) >= 11 is 0. The zero-order chi connectivity index (χ0) is 15.2. The predicted octanol–water partition coefficient (Wildman–Crippen LogP) is 2.40. The number of benzene rings is 1. The number of rotatable bonds is 2. The van der Waals surface area contributed by atoms with E-state index in [1.165, 1.54) is 17.7 Å². The zero-order valence-corrected chi connectivity index (χ0v) is 10.4. The zero-order valence-electron chi connectivity index (χ0n) is 10.4. The summed E-state index contributed by atoms with van der Waals surface area (Å²) < 4.78 is 38.8. The van der Waals surface area contributed by atoms with Crippen molar-refractivity contribution in [3.63, 3.8) is 0 Å². The first-order valence-corrected chi connectivity index (χ1v) is 5.39. The number of hydrogen-bond acceptors (Lipinski definition) is 3. The van der Waals surface area contributed by atoms with Crippen molar-refractivity contribution in [2.24, 2.45) is 5.73 Å². The minimum atomic E-state index is -4.77. The van der Waals surface area contributed by atoms with Gasteiger partial charge < -0.3 is 10.5 Å². The number of aromatic nitrogens is 2. The van der Waals surface area contributed by atoms with Crippen LogP contribution in [0.5, 0.6) is 5.75 Å². The van der Waals surface area contributed by atoms with Crippen LogP contribution in [-0.4, -0.2) is 22.5 Å². The van der Waals surface area contributed by atoms with Gasteiger partial charge in [0.05, 0.1) is 6.20 Å². The number of alkyl halides is 3. The second kappa shape index (κ2) is 6.60. The van der Waals surface area contributed by atoms with Crippen molar-refractivity contribution in [3.05, 3.63) is 47.8 Å². The Morgan fingerprint density at radius 2 is 2.10 bits per heavy atom. The summed E-state index contributed by atoms with van der Waals surface area (Å²) in [6, 6.07) is 4.56. The minimum Gasteiger partial charge on any atom is -0.406 e. The Morgan fingerprint density at radius 1 is 1.40 bits per heavy atom. The highest BCUT2D eigenvalue weighted by molar-refractivity contribution is 5.93.